The van der Waals surface area contributed by atoms with Crippen LogP contribution in [0.4, 0.5) is 5.69 Å². The largest absolute Gasteiger partial charge is 0.461 e. The van der Waals surface area contributed by atoms with Crippen molar-refractivity contribution >= 4 is 33.5 Å². The van der Waals surface area contributed by atoms with E-state index in [1.165, 1.54) is 0 Å². The van der Waals surface area contributed by atoms with Gasteiger partial charge >= 0.3 is 5.97 Å². The van der Waals surface area contributed by atoms with Crippen LogP contribution in [-0.4, -0.2) is 29.7 Å². The van der Waals surface area contributed by atoms with Crippen molar-refractivity contribution in [3.8, 4) is 11.5 Å². The first kappa shape index (κ1) is 18.8. The van der Waals surface area contributed by atoms with E-state index in [0.717, 1.165) is 21.8 Å². The lowest BCUT2D eigenvalue weighted by Gasteiger charge is -2.11. The SMILES string of the molecule is CCOC(=O)c1ncc2[nH]c3cccc(Oc4ccc(N)cc4)c3c2c1COC. The lowest BCUT2D eigenvalue weighted by molar-refractivity contribution is 0.0514. The number of carbonyl (C=O) groups is 1. The Kier molecular flexibility index (Phi) is 5.05. The standard InChI is InChI=1S/C22H21N3O4/c1-3-28-22(26)21-15(12-27-2)19-17(11-24-21)25-16-5-4-6-18(20(16)19)29-14-9-7-13(23)8-10-14/h4-11,25H,3,12,23H2,1-2H3. The van der Waals surface area contributed by atoms with Crippen LogP contribution < -0.4 is 10.5 Å². The Hall–Kier alpha value is -3.58. The summed E-state index contributed by atoms with van der Waals surface area (Å²) in [5, 5.41) is 1.67. The third kappa shape index (κ3) is 3.48. The Morgan fingerprint density at radius 3 is 2.62 bits per heavy atom. The zero-order valence-electron chi connectivity index (χ0n) is 16.2. The smallest absolute Gasteiger partial charge is 0.357 e. The van der Waals surface area contributed by atoms with E-state index in [0.29, 0.717) is 22.7 Å². The molecule has 0 saturated heterocycles. The summed E-state index contributed by atoms with van der Waals surface area (Å²) in [6, 6.07) is 12.9. The zero-order chi connectivity index (χ0) is 20.4. The Bertz CT molecular complexity index is 1180. The number of hydrogen-bond donors (Lipinski definition) is 2. The zero-order valence-corrected chi connectivity index (χ0v) is 16.2. The summed E-state index contributed by atoms with van der Waals surface area (Å²) in [5.41, 5.74) is 8.98. The molecule has 0 aliphatic heterocycles. The molecule has 0 aliphatic rings. The topological polar surface area (TPSA) is 99.5 Å². The molecular formula is C22H21N3O4. The minimum atomic E-state index is -0.479. The summed E-state index contributed by atoms with van der Waals surface area (Å²) in [6.45, 7) is 2.24. The van der Waals surface area contributed by atoms with Gasteiger partial charge in [0.1, 0.15) is 11.5 Å². The molecule has 0 radical (unpaired) electrons. The fourth-order valence-corrected chi connectivity index (χ4v) is 3.38. The number of carbonyl (C=O) groups excluding carboxylic acids is 1. The summed E-state index contributed by atoms with van der Waals surface area (Å²) >= 11 is 0. The Morgan fingerprint density at radius 1 is 1.10 bits per heavy atom. The number of nitrogens with one attached hydrogen (secondary N) is 1. The summed E-state index contributed by atoms with van der Waals surface area (Å²) in [5.74, 6) is 0.832. The molecule has 0 fully saturated rings. The van der Waals surface area contributed by atoms with Gasteiger partial charge < -0.3 is 24.9 Å². The third-order valence-corrected chi connectivity index (χ3v) is 4.59. The maximum atomic E-state index is 12.5. The second-order valence-electron chi connectivity index (χ2n) is 6.50. The van der Waals surface area contributed by atoms with Crippen molar-refractivity contribution in [1.82, 2.24) is 9.97 Å². The lowest BCUT2D eigenvalue weighted by Crippen LogP contribution is -2.11. The van der Waals surface area contributed by atoms with Crippen LogP contribution in [0.5, 0.6) is 11.5 Å². The second-order valence-corrected chi connectivity index (χ2v) is 6.50. The number of pyridine rings is 1. The van der Waals surface area contributed by atoms with Crippen LogP contribution in [0.25, 0.3) is 21.8 Å². The number of esters is 1. The van der Waals surface area contributed by atoms with Gasteiger partial charge in [-0.1, -0.05) is 6.07 Å². The van der Waals surface area contributed by atoms with Crippen molar-refractivity contribution in [3.05, 3.63) is 59.9 Å². The summed E-state index contributed by atoms with van der Waals surface area (Å²) in [6.07, 6.45) is 1.63. The third-order valence-electron chi connectivity index (χ3n) is 4.59. The van der Waals surface area contributed by atoms with Crippen LogP contribution in [0.15, 0.2) is 48.7 Å². The van der Waals surface area contributed by atoms with E-state index in [2.05, 4.69) is 9.97 Å². The molecule has 0 bridgehead atoms. The van der Waals surface area contributed by atoms with E-state index in [9.17, 15) is 4.79 Å². The van der Waals surface area contributed by atoms with Gasteiger partial charge in [-0.3, -0.25) is 0 Å². The number of rotatable bonds is 6. The van der Waals surface area contributed by atoms with Crippen LogP contribution in [0.1, 0.15) is 23.0 Å². The number of nitrogens with zero attached hydrogens (tertiary/aromatic N) is 1. The quantitative estimate of drug-likeness (QED) is 0.373. The van der Waals surface area contributed by atoms with E-state index in [-0.39, 0.29) is 18.9 Å². The number of fused-ring (bicyclic) bond motifs is 3. The number of ether oxygens (including phenoxy) is 3. The highest BCUT2D eigenvalue weighted by atomic mass is 16.5. The minimum Gasteiger partial charge on any atom is -0.461 e. The van der Waals surface area contributed by atoms with Crippen LogP contribution >= 0.6 is 0 Å². The van der Waals surface area contributed by atoms with Crippen molar-refractivity contribution < 1.29 is 19.0 Å². The Morgan fingerprint density at radius 2 is 1.90 bits per heavy atom. The predicted molar refractivity (Wildman–Crippen MR) is 111 cm³/mol. The monoisotopic (exact) mass is 391 g/mol. The summed E-state index contributed by atoms with van der Waals surface area (Å²) in [7, 11) is 1.58. The lowest BCUT2D eigenvalue weighted by atomic mass is 10.0. The number of benzene rings is 2. The Labute approximate surface area is 167 Å². The van der Waals surface area contributed by atoms with Gasteiger partial charge in [-0.05, 0) is 43.3 Å². The van der Waals surface area contributed by atoms with Crippen LogP contribution in [0.3, 0.4) is 0 Å². The van der Waals surface area contributed by atoms with Gasteiger partial charge in [0.15, 0.2) is 5.69 Å². The maximum absolute atomic E-state index is 12.5. The predicted octanol–water partition coefficient (Wildman–Crippen LogP) is 4.41. The van der Waals surface area contributed by atoms with E-state index >= 15 is 0 Å². The normalized spacial score (nSPS) is 11.1. The fourth-order valence-electron chi connectivity index (χ4n) is 3.38. The number of aromatic nitrogens is 2. The van der Waals surface area contributed by atoms with Crippen molar-refractivity contribution in [2.24, 2.45) is 0 Å². The number of nitrogens with two attached hydrogens (primary N) is 1. The molecule has 2 aromatic carbocycles. The average molecular weight is 391 g/mol. The van der Waals surface area contributed by atoms with E-state index < -0.39 is 5.97 Å². The van der Waals surface area contributed by atoms with E-state index in [4.69, 9.17) is 19.9 Å². The molecule has 0 aliphatic carbocycles. The van der Waals surface area contributed by atoms with Crippen LogP contribution in [0, 0.1) is 0 Å². The van der Waals surface area contributed by atoms with Crippen molar-refractivity contribution in [3.63, 3.8) is 0 Å². The van der Waals surface area contributed by atoms with E-state index in [1.807, 2.05) is 30.3 Å². The molecule has 4 aromatic rings. The van der Waals surface area contributed by atoms with Gasteiger partial charge in [0.2, 0.25) is 0 Å². The van der Waals surface area contributed by atoms with Gasteiger partial charge in [0.25, 0.3) is 0 Å². The van der Waals surface area contributed by atoms with Crippen LogP contribution in [0.2, 0.25) is 0 Å². The molecule has 4 rings (SSSR count). The molecule has 7 heteroatoms. The molecule has 3 N–H and O–H groups in total. The van der Waals surface area contributed by atoms with Gasteiger partial charge in [-0.25, -0.2) is 9.78 Å². The highest BCUT2D eigenvalue weighted by molar-refractivity contribution is 6.13. The average Bonchev–Trinajstić information content (AvgIpc) is 3.10. The summed E-state index contributed by atoms with van der Waals surface area (Å²) in [4.78, 5) is 20.1. The molecule has 0 unspecified atom stereocenters. The van der Waals surface area contributed by atoms with Crippen molar-refractivity contribution in [1.29, 1.82) is 0 Å². The molecule has 29 heavy (non-hydrogen) atoms. The second kappa shape index (κ2) is 7.81. The number of nitrogen functional groups attached to an aromatic ring is 1. The van der Waals surface area contributed by atoms with E-state index in [1.54, 1.807) is 32.4 Å². The van der Waals surface area contributed by atoms with Crippen LogP contribution in [-0.2, 0) is 16.1 Å². The molecule has 0 saturated carbocycles. The molecule has 0 amide bonds. The summed E-state index contributed by atoms with van der Waals surface area (Å²) < 4.78 is 16.7. The minimum absolute atomic E-state index is 0.210. The number of aromatic amines is 1. The molecule has 2 heterocycles. The molecular weight excluding hydrogens is 370 g/mol. The maximum Gasteiger partial charge on any atom is 0.357 e. The van der Waals surface area contributed by atoms with Gasteiger partial charge in [-0.2, -0.15) is 0 Å². The first-order chi connectivity index (χ1) is 14.1. The van der Waals surface area contributed by atoms with Gasteiger partial charge in [0, 0.05) is 23.7 Å². The highest BCUT2D eigenvalue weighted by Gasteiger charge is 2.22. The number of methoxy groups -OCH3 is 1. The Balaban J connectivity index is 1.94. The first-order valence-corrected chi connectivity index (χ1v) is 9.24. The molecule has 0 spiro atoms. The fraction of sp³-hybridized carbons (Fsp3) is 0.182. The van der Waals surface area contributed by atoms with Crippen molar-refractivity contribution in [2.45, 2.75) is 13.5 Å². The number of hydrogen-bond acceptors (Lipinski definition) is 6. The number of H-pyrrole nitrogens is 1. The first-order valence-electron chi connectivity index (χ1n) is 9.24. The molecule has 2 aromatic heterocycles. The number of anilines is 1. The molecule has 0 atom stereocenters. The van der Waals surface area contributed by atoms with Gasteiger partial charge in [-0.15, -0.1) is 0 Å². The van der Waals surface area contributed by atoms with Gasteiger partial charge in [0.05, 0.1) is 35.8 Å². The van der Waals surface area contributed by atoms with Crippen molar-refractivity contribution in [2.75, 3.05) is 19.5 Å². The molecule has 148 valence electrons. The molecule has 7 nitrogen and oxygen atoms in total. The highest BCUT2D eigenvalue weighted by Crippen LogP contribution is 2.38.